The van der Waals surface area contributed by atoms with Crippen LogP contribution in [0.2, 0.25) is 0 Å². The lowest BCUT2D eigenvalue weighted by Crippen LogP contribution is -2.21. The van der Waals surface area contributed by atoms with Crippen LogP contribution in [-0.4, -0.2) is 24.2 Å². The summed E-state index contributed by atoms with van der Waals surface area (Å²) in [5.41, 5.74) is 4.21. The molecule has 40 heavy (non-hydrogen) atoms. The summed E-state index contributed by atoms with van der Waals surface area (Å²) in [6.07, 6.45) is 15.6. The van der Waals surface area contributed by atoms with Gasteiger partial charge in [0.2, 0.25) is 0 Å². The smallest absolute Gasteiger partial charge is 0.258 e. The van der Waals surface area contributed by atoms with Crippen molar-refractivity contribution in [1.29, 1.82) is 0 Å². The lowest BCUT2D eigenvalue weighted by atomic mass is 10.0. The minimum atomic E-state index is -0.369. The van der Waals surface area contributed by atoms with Gasteiger partial charge in [-0.05, 0) is 54.2 Å². The zero-order valence-electron chi connectivity index (χ0n) is 22.9. The standard InChI is InChI=1S/C35H37NO4/c37-33(30-13-9-7-10-14-30)24-19-28-17-15-27(16-18-28)12-8-5-3-1-2-4-6-11-25-40-31-22-20-29(21-23-31)32-26-34(38)36-35(32)39/h7,9-10,13-24,26H,1-6,8,11-12,25H2,(H,36,38,39). The average molecular weight is 536 g/mol. The Morgan fingerprint density at radius 2 is 1.38 bits per heavy atom. The minimum absolute atomic E-state index is 0.0242. The van der Waals surface area contributed by atoms with E-state index in [2.05, 4.69) is 29.6 Å². The zero-order chi connectivity index (χ0) is 28.0. The third-order valence-electron chi connectivity index (χ3n) is 7.02. The second kappa shape index (κ2) is 15.4. The molecule has 3 aromatic rings. The van der Waals surface area contributed by atoms with Gasteiger partial charge < -0.3 is 4.74 Å². The van der Waals surface area contributed by atoms with Gasteiger partial charge in [-0.15, -0.1) is 0 Å². The average Bonchev–Trinajstić information content (AvgIpc) is 3.33. The number of hydrogen-bond donors (Lipinski definition) is 1. The molecule has 1 aliphatic heterocycles. The molecule has 2 amide bonds. The number of allylic oxidation sites excluding steroid dienone is 1. The maximum atomic E-state index is 12.2. The summed E-state index contributed by atoms with van der Waals surface area (Å²) in [7, 11) is 0. The molecule has 1 N–H and O–H groups in total. The van der Waals surface area contributed by atoms with Crippen LogP contribution in [0.1, 0.15) is 78.4 Å². The van der Waals surface area contributed by atoms with Gasteiger partial charge in [0, 0.05) is 11.6 Å². The number of ether oxygens (including phenoxy) is 1. The molecule has 0 saturated carbocycles. The van der Waals surface area contributed by atoms with E-state index >= 15 is 0 Å². The summed E-state index contributed by atoms with van der Waals surface area (Å²) < 4.78 is 5.82. The molecule has 0 spiro atoms. The van der Waals surface area contributed by atoms with E-state index in [1.165, 1.54) is 50.2 Å². The number of hydrogen-bond acceptors (Lipinski definition) is 4. The summed E-state index contributed by atoms with van der Waals surface area (Å²) in [5, 5.41) is 2.26. The third kappa shape index (κ3) is 9.19. The Kier molecular flexibility index (Phi) is 11.0. The van der Waals surface area contributed by atoms with E-state index < -0.39 is 0 Å². The van der Waals surface area contributed by atoms with E-state index in [-0.39, 0.29) is 17.6 Å². The van der Waals surface area contributed by atoms with Crippen molar-refractivity contribution in [2.45, 2.75) is 57.8 Å². The summed E-state index contributed by atoms with van der Waals surface area (Å²) in [6, 6.07) is 25.1. The van der Waals surface area contributed by atoms with Gasteiger partial charge in [-0.2, -0.15) is 0 Å². The number of ketones is 1. The second-order valence-corrected chi connectivity index (χ2v) is 10.1. The van der Waals surface area contributed by atoms with Crippen LogP contribution in [0.25, 0.3) is 11.6 Å². The van der Waals surface area contributed by atoms with Gasteiger partial charge in [0.15, 0.2) is 5.78 Å². The molecule has 206 valence electrons. The summed E-state index contributed by atoms with van der Waals surface area (Å²) in [6.45, 7) is 0.679. The first-order chi connectivity index (χ1) is 19.6. The number of amides is 2. The highest BCUT2D eigenvalue weighted by molar-refractivity contribution is 6.33. The Morgan fingerprint density at radius 1 is 0.725 bits per heavy atom. The number of imide groups is 1. The van der Waals surface area contributed by atoms with Crippen LogP contribution in [-0.2, 0) is 16.0 Å². The molecule has 0 saturated heterocycles. The van der Waals surface area contributed by atoms with Gasteiger partial charge >= 0.3 is 0 Å². The van der Waals surface area contributed by atoms with Gasteiger partial charge in [0.25, 0.3) is 11.8 Å². The summed E-state index contributed by atoms with van der Waals surface area (Å²) >= 11 is 0. The van der Waals surface area contributed by atoms with E-state index in [9.17, 15) is 14.4 Å². The molecule has 1 heterocycles. The first-order valence-electron chi connectivity index (χ1n) is 14.3. The molecule has 5 heteroatoms. The van der Waals surface area contributed by atoms with Gasteiger partial charge in [-0.25, -0.2) is 0 Å². The van der Waals surface area contributed by atoms with Crippen molar-refractivity contribution in [1.82, 2.24) is 5.32 Å². The van der Waals surface area contributed by atoms with Crippen LogP contribution in [0.4, 0.5) is 0 Å². The molecule has 0 atom stereocenters. The number of carbonyl (C=O) groups excluding carboxylic acids is 3. The molecule has 0 radical (unpaired) electrons. The molecule has 0 bridgehead atoms. The van der Waals surface area contributed by atoms with Crippen LogP contribution < -0.4 is 10.1 Å². The van der Waals surface area contributed by atoms with Crippen LogP contribution in [0.5, 0.6) is 5.75 Å². The quantitative estimate of drug-likeness (QED) is 0.0900. The van der Waals surface area contributed by atoms with Crippen LogP contribution in [0, 0.1) is 0 Å². The van der Waals surface area contributed by atoms with E-state index in [4.69, 9.17) is 4.74 Å². The fourth-order valence-corrected chi connectivity index (χ4v) is 4.70. The Balaban J connectivity index is 0.999. The first kappa shape index (κ1) is 28.8. The Bertz CT molecular complexity index is 1320. The molecule has 0 aliphatic carbocycles. The first-order valence-corrected chi connectivity index (χ1v) is 14.3. The molecule has 0 aromatic heterocycles. The Hall–Kier alpha value is -4.25. The number of carbonyl (C=O) groups is 3. The van der Waals surface area contributed by atoms with Gasteiger partial charge in [0.1, 0.15) is 5.75 Å². The van der Waals surface area contributed by atoms with Crippen molar-refractivity contribution < 1.29 is 19.1 Å². The number of aryl methyl sites for hydroxylation is 1. The number of unbranched alkanes of at least 4 members (excludes halogenated alkanes) is 7. The third-order valence-corrected chi connectivity index (χ3v) is 7.02. The largest absolute Gasteiger partial charge is 0.494 e. The van der Waals surface area contributed by atoms with Gasteiger partial charge in [-0.1, -0.05) is 111 Å². The molecule has 0 fully saturated rings. The molecule has 0 unspecified atom stereocenters. The normalized spacial score (nSPS) is 12.9. The fourth-order valence-electron chi connectivity index (χ4n) is 4.70. The van der Waals surface area contributed by atoms with Crippen molar-refractivity contribution in [2.75, 3.05) is 6.61 Å². The van der Waals surface area contributed by atoms with Crippen LogP contribution in [0.15, 0.2) is 91.0 Å². The van der Waals surface area contributed by atoms with Crippen LogP contribution >= 0.6 is 0 Å². The number of nitrogens with one attached hydrogen (secondary N) is 1. The lowest BCUT2D eigenvalue weighted by molar-refractivity contribution is -0.123. The molecule has 5 nitrogen and oxygen atoms in total. The van der Waals surface area contributed by atoms with Gasteiger partial charge in [0.05, 0.1) is 12.2 Å². The molecule has 1 aliphatic rings. The van der Waals surface area contributed by atoms with E-state index in [0.717, 1.165) is 36.1 Å². The highest BCUT2D eigenvalue weighted by atomic mass is 16.5. The molecular formula is C35H37NO4. The maximum Gasteiger partial charge on any atom is 0.258 e. The molecule has 3 aromatic carbocycles. The molecule has 4 rings (SSSR count). The summed E-state index contributed by atoms with van der Waals surface area (Å²) in [4.78, 5) is 35.2. The topological polar surface area (TPSA) is 72.5 Å². The fraction of sp³-hybridized carbons (Fsp3) is 0.286. The van der Waals surface area contributed by atoms with E-state index in [0.29, 0.717) is 17.7 Å². The highest BCUT2D eigenvalue weighted by Gasteiger charge is 2.21. The van der Waals surface area contributed by atoms with Crippen LogP contribution in [0.3, 0.4) is 0 Å². The number of benzene rings is 3. The monoisotopic (exact) mass is 535 g/mol. The van der Waals surface area contributed by atoms with Crippen molar-refractivity contribution in [2.24, 2.45) is 0 Å². The second-order valence-electron chi connectivity index (χ2n) is 10.1. The number of rotatable bonds is 16. The minimum Gasteiger partial charge on any atom is -0.494 e. The Labute approximate surface area is 237 Å². The van der Waals surface area contributed by atoms with Crippen molar-refractivity contribution in [3.8, 4) is 5.75 Å². The predicted octanol–water partition coefficient (Wildman–Crippen LogP) is 7.36. The lowest BCUT2D eigenvalue weighted by Gasteiger charge is -2.07. The maximum absolute atomic E-state index is 12.2. The van der Waals surface area contributed by atoms with E-state index in [1.54, 1.807) is 6.08 Å². The van der Waals surface area contributed by atoms with Gasteiger partial charge in [-0.3, -0.25) is 19.7 Å². The SMILES string of the molecule is O=C1C=C(c2ccc(OCCCCCCCCCCc3ccc(C=CC(=O)c4ccccc4)cc3)cc2)C(=O)N1. The highest BCUT2D eigenvalue weighted by Crippen LogP contribution is 2.21. The van der Waals surface area contributed by atoms with Crippen molar-refractivity contribution in [3.05, 3.63) is 113 Å². The summed E-state index contributed by atoms with van der Waals surface area (Å²) in [5.74, 6) is 0.0769. The Morgan fingerprint density at radius 3 is 2.02 bits per heavy atom. The molecular weight excluding hydrogens is 498 g/mol. The van der Waals surface area contributed by atoms with E-state index in [1.807, 2.05) is 60.7 Å². The van der Waals surface area contributed by atoms with Crippen molar-refractivity contribution in [3.63, 3.8) is 0 Å². The van der Waals surface area contributed by atoms with Crippen molar-refractivity contribution >= 4 is 29.2 Å². The zero-order valence-corrected chi connectivity index (χ0v) is 22.9. The predicted molar refractivity (Wildman–Crippen MR) is 160 cm³/mol.